The van der Waals surface area contributed by atoms with Crippen molar-refractivity contribution in [2.45, 2.75) is 44.6 Å². The Hall–Kier alpha value is -1.43. The van der Waals surface area contributed by atoms with Gasteiger partial charge in [-0.2, -0.15) is 0 Å². The normalized spacial score (nSPS) is 22.9. The first-order valence-electron chi connectivity index (χ1n) is 6.54. The van der Waals surface area contributed by atoms with E-state index in [1.165, 1.54) is 6.92 Å². The fraction of sp³-hybridized carbons (Fsp3) is 0.571. The molecule has 1 aliphatic rings. The van der Waals surface area contributed by atoms with Crippen molar-refractivity contribution in [1.29, 1.82) is 0 Å². The molecule has 1 saturated heterocycles. The lowest BCUT2D eigenvalue weighted by atomic mass is 10.1. The van der Waals surface area contributed by atoms with Crippen molar-refractivity contribution in [2.24, 2.45) is 0 Å². The SMILES string of the molecule is CC(=O)N1C(C(=O)NC(C)(C)C)CSC1c1ccoc1. The van der Waals surface area contributed by atoms with Gasteiger partial charge in [0, 0.05) is 23.8 Å². The van der Waals surface area contributed by atoms with Gasteiger partial charge in [-0.15, -0.1) is 11.8 Å². The van der Waals surface area contributed by atoms with E-state index in [0.29, 0.717) is 5.75 Å². The van der Waals surface area contributed by atoms with E-state index >= 15 is 0 Å². The van der Waals surface area contributed by atoms with Crippen LogP contribution < -0.4 is 5.32 Å². The van der Waals surface area contributed by atoms with E-state index in [-0.39, 0.29) is 22.7 Å². The molecule has 1 aliphatic heterocycles. The van der Waals surface area contributed by atoms with Crippen molar-refractivity contribution in [3.8, 4) is 0 Å². The molecule has 0 radical (unpaired) electrons. The lowest BCUT2D eigenvalue weighted by Crippen LogP contribution is -2.52. The van der Waals surface area contributed by atoms with Gasteiger partial charge in [0.05, 0.1) is 12.5 Å². The summed E-state index contributed by atoms with van der Waals surface area (Å²) in [5.41, 5.74) is 0.606. The number of carbonyl (C=O) groups is 2. The van der Waals surface area contributed by atoms with E-state index in [0.717, 1.165) is 5.56 Å². The third-order valence-corrected chi connectivity index (χ3v) is 4.32. The second kappa shape index (κ2) is 5.52. The molecule has 0 spiro atoms. The van der Waals surface area contributed by atoms with E-state index in [2.05, 4.69) is 5.32 Å². The summed E-state index contributed by atoms with van der Waals surface area (Å²) < 4.78 is 5.08. The Morgan fingerprint density at radius 2 is 2.15 bits per heavy atom. The van der Waals surface area contributed by atoms with E-state index in [1.54, 1.807) is 29.2 Å². The van der Waals surface area contributed by atoms with Gasteiger partial charge < -0.3 is 14.6 Å². The number of rotatable bonds is 2. The molecule has 0 saturated carbocycles. The second-order valence-electron chi connectivity index (χ2n) is 5.92. The van der Waals surface area contributed by atoms with Gasteiger partial charge in [0.1, 0.15) is 11.4 Å². The van der Waals surface area contributed by atoms with Crippen LogP contribution in [0.1, 0.15) is 38.6 Å². The number of carbonyl (C=O) groups excluding carboxylic acids is 2. The molecular weight excluding hydrogens is 276 g/mol. The maximum absolute atomic E-state index is 12.3. The molecule has 0 aliphatic carbocycles. The van der Waals surface area contributed by atoms with Crippen LogP contribution in [0.4, 0.5) is 0 Å². The van der Waals surface area contributed by atoms with Crippen LogP contribution in [0.25, 0.3) is 0 Å². The number of hydrogen-bond acceptors (Lipinski definition) is 4. The average Bonchev–Trinajstić information content (AvgIpc) is 2.95. The first-order chi connectivity index (χ1) is 9.29. The van der Waals surface area contributed by atoms with Gasteiger partial charge in [0.25, 0.3) is 0 Å². The standard InChI is InChI=1S/C14H20N2O3S/c1-9(17)16-11(12(18)15-14(2,3)4)8-20-13(16)10-5-6-19-7-10/h5-7,11,13H,8H2,1-4H3,(H,15,18). The minimum absolute atomic E-state index is 0.102. The summed E-state index contributed by atoms with van der Waals surface area (Å²) in [6.45, 7) is 7.28. The Morgan fingerprint density at radius 3 is 2.65 bits per heavy atom. The zero-order valence-corrected chi connectivity index (χ0v) is 13.0. The van der Waals surface area contributed by atoms with Crippen LogP contribution in [0.3, 0.4) is 0 Å². The largest absolute Gasteiger partial charge is 0.472 e. The summed E-state index contributed by atoms with van der Waals surface area (Å²) in [7, 11) is 0. The highest BCUT2D eigenvalue weighted by atomic mass is 32.2. The number of thioether (sulfide) groups is 1. The molecule has 1 fully saturated rings. The molecule has 1 aromatic rings. The van der Waals surface area contributed by atoms with Crippen molar-refractivity contribution < 1.29 is 14.0 Å². The van der Waals surface area contributed by atoms with Crippen molar-refractivity contribution in [2.75, 3.05) is 5.75 Å². The number of hydrogen-bond donors (Lipinski definition) is 1. The zero-order valence-electron chi connectivity index (χ0n) is 12.2. The van der Waals surface area contributed by atoms with E-state index in [1.807, 2.05) is 26.8 Å². The van der Waals surface area contributed by atoms with Crippen LogP contribution in [0, 0.1) is 0 Å². The van der Waals surface area contributed by atoms with Crippen LogP contribution >= 0.6 is 11.8 Å². The molecule has 2 rings (SSSR count). The number of nitrogens with one attached hydrogen (secondary N) is 1. The first-order valence-corrected chi connectivity index (χ1v) is 7.59. The fourth-order valence-electron chi connectivity index (χ4n) is 2.22. The molecule has 6 heteroatoms. The Morgan fingerprint density at radius 1 is 1.45 bits per heavy atom. The summed E-state index contributed by atoms with van der Waals surface area (Å²) in [5, 5.41) is 2.79. The maximum Gasteiger partial charge on any atom is 0.244 e. The van der Waals surface area contributed by atoms with Gasteiger partial charge >= 0.3 is 0 Å². The highest BCUT2D eigenvalue weighted by molar-refractivity contribution is 7.99. The molecule has 1 aromatic heterocycles. The monoisotopic (exact) mass is 296 g/mol. The summed E-state index contributed by atoms with van der Waals surface area (Å²) in [6, 6.07) is 1.40. The molecule has 2 heterocycles. The minimum Gasteiger partial charge on any atom is -0.472 e. The molecule has 2 unspecified atom stereocenters. The van der Waals surface area contributed by atoms with Crippen LogP contribution in [0.15, 0.2) is 23.0 Å². The van der Waals surface area contributed by atoms with Crippen LogP contribution in [-0.4, -0.2) is 34.0 Å². The van der Waals surface area contributed by atoms with Crippen LogP contribution in [-0.2, 0) is 9.59 Å². The second-order valence-corrected chi connectivity index (χ2v) is 7.04. The lowest BCUT2D eigenvalue weighted by Gasteiger charge is -2.29. The van der Waals surface area contributed by atoms with Crippen molar-refractivity contribution >= 4 is 23.6 Å². The topological polar surface area (TPSA) is 62.6 Å². The van der Waals surface area contributed by atoms with Gasteiger partial charge in [-0.1, -0.05) is 0 Å². The number of nitrogens with zero attached hydrogens (tertiary/aromatic N) is 1. The first kappa shape index (κ1) is 15.0. The quantitative estimate of drug-likeness (QED) is 0.908. The lowest BCUT2D eigenvalue weighted by molar-refractivity contribution is -0.138. The van der Waals surface area contributed by atoms with Crippen LogP contribution in [0.5, 0.6) is 0 Å². The van der Waals surface area contributed by atoms with Crippen molar-refractivity contribution in [3.05, 3.63) is 24.2 Å². The number of furan rings is 1. The van der Waals surface area contributed by atoms with Gasteiger partial charge in [0.2, 0.25) is 11.8 Å². The van der Waals surface area contributed by atoms with Crippen molar-refractivity contribution in [3.63, 3.8) is 0 Å². The smallest absolute Gasteiger partial charge is 0.244 e. The summed E-state index contributed by atoms with van der Waals surface area (Å²) in [4.78, 5) is 25.9. The molecule has 0 aromatic carbocycles. The van der Waals surface area contributed by atoms with E-state index in [9.17, 15) is 9.59 Å². The molecule has 0 bridgehead atoms. The van der Waals surface area contributed by atoms with E-state index < -0.39 is 6.04 Å². The Labute approximate surface area is 123 Å². The molecule has 2 amide bonds. The molecule has 1 N–H and O–H groups in total. The molecule has 5 nitrogen and oxygen atoms in total. The third kappa shape index (κ3) is 3.17. The number of amides is 2. The Balaban J connectivity index is 2.19. The highest BCUT2D eigenvalue weighted by Crippen LogP contribution is 2.41. The van der Waals surface area contributed by atoms with Crippen LogP contribution in [0.2, 0.25) is 0 Å². The maximum atomic E-state index is 12.3. The summed E-state index contributed by atoms with van der Waals surface area (Å²) in [5.74, 6) is 0.388. The molecule has 20 heavy (non-hydrogen) atoms. The molecular formula is C14H20N2O3S. The van der Waals surface area contributed by atoms with Crippen molar-refractivity contribution in [1.82, 2.24) is 10.2 Å². The Bertz CT molecular complexity index is 493. The van der Waals surface area contributed by atoms with Gasteiger partial charge in [-0.3, -0.25) is 9.59 Å². The van der Waals surface area contributed by atoms with Gasteiger partial charge in [-0.05, 0) is 26.8 Å². The predicted molar refractivity (Wildman–Crippen MR) is 78.1 cm³/mol. The predicted octanol–water partition coefficient (Wildman–Crippen LogP) is 2.16. The minimum atomic E-state index is -0.434. The van der Waals surface area contributed by atoms with Gasteiger partial charge in [-0.25, -0.2) is 0 Å². The fourth-order valence-corrected chi connectivity index (χ4v) is 3.68. The Kier molecular flexibility index (Phi) is 4.13. The highest BCUT2D eigenvalue weighted by Gasteiger charge is 2.41. The molecule has 110 valence electrons. The zero-order chi connectivity index (χ0) is 14.9. The summed E-state index contributed by atoms with van der Waals surface area (Å²) >= 11 is 1.58. The third-order valence-electron chi connectivity index (χ3n) is 2.99. The average molecular weight is 296 g/mol. The van der Waals surface area contributed by atoms with Gasteiger partial charge in [0.15, 0.2) is 0 Å². The van der Waals surface area contributed by atoms with E-state index in [4.69, 9.17) is 4.42 Å². The summed E-state index contributed by atoms with van der Waals surface area (Å²) in [6.07, 6.45) is 3.20. The molecule has 2 atom stereocenters.